The van der Waals surface area contributed by atoms with E-state index in [1.54, 1.807) is 29.2 Å². The number of rotatable bonds is 12. The summed E-state index contributed by atoms with van der Waals surface area (Å²) >= 11 is 0. The minimum atomic E-state index is -3.75. The number of pyridine rings is 1. The van der Waals surface area contributed by atoms with Crippen molar-refractivity contribution in [3.05, 3.63) is 108 Å². The lowest BCUT2D eigenvalue weighted by atomic mass is 9.85. The molecular formula is C36H41N5O4S. The molecule has 46 heavy (non-hydrogen) atoms. The minimum Gasteiger partial charge on any atom is -0.497 e. The third kappa shape index (κ3) is 7.45. The first-order valence-corrected chi connectivity index (χ1v) is 17.0. The highest BCUT2D eigenvalue weighted by Gasteiger charge is 2.43. The molecular weight excluding hydrogens is 598 g/mol. The number of ether oxygens (including phenoxy) is 1. The smallest absolute Gasteiger partial charge is 0.363 e. The number of anilines is 1. The Hall–Kier alpha value is -4.57. The SMILES string of the molecule is CCN1C(=O)N=NC1(CCCc1ccc(-c2ccc(NS(=O)(=O)c3ccc(OC)cc3)cn2)cc1)Cc1ccc(C(C)(C)C)cc1. The van der Waals surface area contributed by atoms with Gasteiger partial charge in [0.1, 0.15) is 5.75 Å². The average Bonchev–Trinajstić information content (AvgIpc) is 3.35. The van der Waals surface area contributed by atoms with Crippen LogP contribution in [-0.2, 0) is 28.3 Å². The Morgan fingerprint density at radius 1 is 0.891 bits per heavy atom. The summed E-state index contributed by atoms with van der Waals surface area (Å²) in [5.41, 5.74) is 5.00. The molecule has 4 aromatic rings. The number of nitrogens with zero attached hydrogens (tertiary/aromatic N) is 4. The van der Waals surface area contributed by atoms with E-state index >= 15 is 0 Å². The molecule has 5 rings (SSSR count). The van der Waals surface area contributed by atoms with Crippen molar-refractivity contribution in [3.63, 3.8) is 0 Å². The van der Waals surface area contributed by atoms with Gasteiger partial charge in [0.25, 0.3) is 10.0 Å². The molecule has 3 aromatic carbocycles. The Morgan fingerprint density at radius 3 is 2.15 bits per heavy atom. The Morgan fingerprint density at radius 2 is 1.57 bits per heavy atom. The Bertz CT molecular complexity index is 1780. The molecule has 0 aliphatic carbocycles. The van der Waals surface area contributed by atoms with E-state index in [1.165, 1.54) is 36.6 Å². The molecule has 0 saturated carbocycles. The van der Waals surface area contributed by atoms with Crippen molar-refractivity contribution in [3.8, 4) is 17.0 Å². The highest BCUT2D eigenvalue weighted by Crippen LogP contribution is 2.35. The second kappa shape index (κ2) is 13.4. The summed E-state index contributed by atoms with van der Waals surface area (Å²) in [5, 5.41) is 8.53. The normalized spacial score (nSPS) is 16.5. The third-order valence-corrected chi connectivity index (χ3v) is 9.75. The van der Waals surface area contributed by atoms with Gasteiger partial charge in [-0.1, -0.05) is 74.4 Å². The van der Waals surface area contributed by atoms with Gasteiger partial charge in [-0.3, -0.25) is 14.6 Å². The molecule has 1 aromatic heterocycles. The lowest BCUT2D eigenvalue weighted by molar-refractivity contribution is 0.138. The monoisotopic (exact) mass is 639 g/mol. The number of methoxy groups -OCH3 is 1. The van der Waals surface area contributed by atoms with E-state index in [0.29, 0.717) is 30.8 Å². The maximum Gasteiger partial charge on any atom is 0.363 e. The summed E-state index contributed by atoms with van der Waals surface area (Å²) < 4.78 is 33.2. The first-order valence-electron chi connectivity index (χ1n) is 15.5. The molecule has 1 aliphatic rings. The first-order chi connectivity index (χ1) is 21.9. The maximum atomic E-state index is 12.8. The molecule has 9 nitrogen and oxygen atoms in total. The molecule has 1 aliphatic heterocycles. The van der Waals surface area contributed by atoms with E-state index in [0.717, 1.165) is 29.7 Å². The topological polar surface area (TPSA) is 113 Å². The van der Waals surface area contributed by atoms with Crippen molar-refractivity contribution in [2.45, 2.75) is 69.4 Å². The minimum absolute atomic E-state index is 0.0719. The van der Waals surface area contributed by atoms with E-state index in [9.17, 15) is 13.2 Å². The van der Waals surface area contributed by atoms with Crippen LogP contribution in [0.1, 0.15) is 57.2 Å². The van der Waals surface area contributed by atoms with Gasteiger partial charge in [0.05, 0.1) is 29.6 Å². The van der Waals surface area contributed by atoms with Gasteiger partial charge in [0.15, 0.2) is 5.66 Å². The second-order valence-corrected chi connectivity index (χ2v) is 14.3. The number of azo groups is 1. The largest absolute Gasteiger partial charge is 0.497 e. The van der Waals surface area contributed by atoms with Gasteiger partial charge < -0.3 is 4.74 Å². The van der Waals surface area contributed by atoms with Crippen LogP contribution in [0.2, 0.25) is 0 Å². The van der Waals surface area contributed by atoms with Gasteiger partial charge in [-0.25, -0.2) is 13.2 Å². The molecule has 1 atom stereocenters. The zero-order valence-electron chi connectivity index (χ0n) is 27.0. The van der Waals surface area contributed by atoms with Gasteiger partial charge in [-0.2, -0.15) is 5.11 Å². The van der Waals surface area contributed by atoms with Crippen LogP contribution in [0.4, 0.5) is 10.5 Å². The fourth-order valence-corrected chi connectivity index (χ4v) is 6.76. The lowest BCUT2D eigenvalue weighted by Crippen LogP contribution is -2.47. The highest BCUT2D eigenvalue weighted by molar-refractivity contribution is 7.92. The summed E-state index contributed by atoms with van der Waals surface area (Å²) in [7, 11) is -2.23. The molecule has 1 N–H and O–H groups in total. The van der Waals surface area contributed by atoms with Crippen LogP contribution >= 0.6 is 0 Å². The summed E-state index contributed by atoms with van der Waals surface area (Å²) in [6.45, 7) is 9.12. The van der Waals surface area contributed by atoms with E-state index < -0.39 is 15.7 Å². The molecule has 2 amide bonds. The number of hydrogen-bond donors (Lipinski definition) is 1. The van der Waals surface area contributed by atoms with Gasteiger partial charge in [0, 0.05) is 18.5 Å². The lowest BCUT2D eigenvalue weighted by Gasteiger charge is -2.34. The second-order valence-electron chi connectivity index (χ2n) is 12.6. The number of carbonyl (C=O) groups is 1. The van der Waals surface area contributed by atoms with Crippen molar-refractivity contribution in [2.24, 2.45) is 10.2 Å². The van der Waals surface area contributed by atoms with E-state index in [4.69, 9.17) is 4.74 Å². The molecule has 1 unspecified atom stereocenters. The predicted molar refractivity (Wildman–Crippen MR) is 181 cm³/mol. The third-order valence-electron chi connectivity index (χ3n) is 8.36. The maximum absolute atomic E-state index is 12.8. The molecule has 0 saturated heterocycles. The Balaban J connectivity index is 1.21. The molecule has 0 spiro atoms. The Labute approximate surface area is 271 Å². The zero-order chi connectivity index (χ0) is 33.0. The van der Waals surface area contributed by atoms with Crippen LogP contribution in [0.15, 0.2) is 106 Å². The molecule has 240 valence electrons. The van der Waals surface area contributed by atoms with Gasteiger partial charge in [-0.15, -0.1) is 0 Å². The molecule has 0 bridgehead atoms. The first kappa shape index (κ1) is 32.8. The van der Waals surface area contributed by atoms with Gasteiger partial charge in [0.2, 0.25) is 0 Å². The number of likely N-dealkylation sites (N-methyl/N-ethyl adjacent to an activating group) is 1. The van der Waals surface area contributed by atoms with Crippen LogP contribution in [-0.4, -0.2) is 43.7 Å². The summed E-state index contributed by atoms with van der Waals surface area (Å²) in [6, 6.07) is 26.2. The molecule has 2 heterocycles. The fourth-order valence-electron chi connectivity index (χ4n) is 5.72. The quantitative estimate of drug-likeness (QED) is 0.169. The average molecular weight is 640 g/mol. The van der Waals surface area contributed by atoms with Crippen LogP contribution in [0.25, 0.3) is 11.3 Å². The van der Waals surface area contributed by atoms with E-state index in [2.05, 4.69) is 77.1 Å². The molecule has 0 fully saturated rings. The van der Waals surface area contributed by atoms with Crippen LogP contribution in [0, 0.1) is 0 Å². The number of hydrogen-bond acceptors (Lipinski definition) is 6. The van der Waals surface area contributed by atoms with Crippen LogP contribution < -0.4 is 9.46 Å². The van der Waals surface area contributed by atoms with Gasteiger partial charge >= 0.3 is 6.03 Å². The fraction of sp³-hybridized carbons (Fsp3) is 0.333. The van der Waals surface area contributed by atoms with Crippen LogP contribution in [0.5, 0.6) is 5.75 Å². The van der Waals surface area contributed by atoms with Crippen molar-refractivity contribution >= 4 is 21.7 Å². The summed E-state index contributed by atoms with van der Waals surface area (Å²) in [4.78, 5) is 19.0. The molecule has 0 radical (unpaired) electrons. The summed E-state index contributed by atoms with van der Waals surface area (Å²) in [6.07, 6.45) is 4.50. The number of aryl methyl sites for hydroxylation is 1. The number of benzene rings is 3. The number of nitrogens with one attached hydrogen (secondary N) is 1. The van der Waals surface area contributed by atoms with E-state index in [1.807, 2.05) is 19.1 Å². The number of urea groups is 1. The Kier molecular flexibility index (Phi) is 9.58. The predicted octanol–water partition coefficient (Wildman–Crippen LogP) is 8.02. The standard InChI is InChI=1S/C36H41N5O4S/c1-6-41-34(42)38-40-36(41,24-27-11-15-29(16-12-27)35(2,3)4)23-7-8-26-9-13-28(14-10-26)33-22-17-30(25-37-33)39-46(43,44)32-20-18-31(45-5)19-21-32/h9-22,25,39H,6-8,23-24H2,1-5H3. The van der Waals surface area contributed by atoms with Crippen molar-refractivity contribution in [1.29, 1.82) is 0 Å². The van der Waals surface area contributed by atoms with Gasteiger partial charge in [-0.05, 0) is 84.7 Å². The number of amides is 2. The van der Waals surface area contributed by atoms with Crippen LogP contribution in [0.3, 0.4) is 0 Å². The number of sulfonamides is 1. The highest BCUT2D eigenvalue weighted by atomic mass is 32.2. The van der Waals surface area contributed by atoms with Crippen molar-refractivity contribution in [2.75, 3.05) is 18.4 Å². The van der Waals surface area contributed by atoms with Crippen molar-refractivity contribution in [1.82, 2.24) is 9.88 Å². The van der Waals surface area contributed by atoms with E-state index in [-0.39, 0.29) is 16.3 Å². The van der Waals surface area contributed by atoms with Crippen molar-refractivity contribution < 1.29 is 17.9 Å². The number of carbonyl (C=O) groups excluding carboxylic acids is 1. The summed E-state index contributed by atoms with van der Waals surface area (Å²) in [5.74, 6) is 0.581. The molecule has 10 heteroatoms. The zero-order valence-corrected chi connectivity index (χ0v) is 27.8. The number of aromatic nitrogens is 1.